The first kappa shape index (κ1) is 25.0. The van der Waals surface area contributed by atoms with Gasteiger partial charge in [-0.1, -0.05) is 47.0 Å². The van der Waals surface area contributed by atoms with Crippen LogP contribution in [0.5, 0.6) is 0 Å². The fourth-order valence-corrected chi connectivity index (χ4v) is 5.16. The van der Waals surface area contributed by atoms with Gasteiger partial charge >= 0.3 is 0 Å². The lowest BCUT2D eigenvalue weighted by Gasteiger charge is -2.27. The highest BCUT2D eigenvalue weighted by Gasteiger charge is 2.27. The summed E-state index contributed by atoms with van der Waals surface area (Å²) in [5, 5.41) is 3.61. The largest absolute Gasteiger partial charge is 0.379 e. The molecule has 10 heteroatoms. The standard InChI is InChI=1S/C22H27Cl2N3O4S/c1-17-2-6-20(7-3-17)32(29,30)27(15-18-4-5-19(23)14-21(18)24)16-22(28)25-8-9-26-10-12-31-13-11-26/h2-7,14H,8-13,15-16H2,1H3,(H,25,28). The molecule has 0 aliphatic carbocycles. The van der Waals surface area contributed by atoms with Gasteiger partial charge in [-0.05, 0) is 36.8 Å². The third-order valence-electron chi connectivity index (χ3n) is 5.19. The fraction of sp³-hybridized carbons (Fsp3) is 0.409. The lowest BCUT2D eigenvalue weighted by atomic mass is 10.2. The summed E-state index contributed by atoms with van der Waals surface area (Å²) < 4.78 is 33.1. The smallest absolute Gasteiger partial charge is 0.243 e. The van der Waals surface area contributed by atoms with Gasteiger partial charge in [0.2, 0.25) is 15.9 Å². The number of rotatable bonds is 9. The maximum atomic E-state index is 13.3. The van der Waals surface area contributed by atoms with Crippen LogP contribution in [0.15, 0.2) is 47.4 Å². The highest BCUT2D eigenvalue weighted by atomic mass is 35.5. The van der Waals surface area contributed by atoms with Crippen LogP contribution in [0.1, 0.15) is 11.1 Å². The van der Waals surface area contributed by atoms with Crippen molar-refractivity contribution in [2.45, 2.75) is 18.4 Å². The summed E-state index contributed by atoms with van der Waals surface area (Å²) in [6, 6.07) is 11.4. The molecule has 3 rings (SSSR count). The molecule has 1 aliphatic rings. The molecule has 174 valence electrons. The molecule has 1 heterocycles. The molecule has 0 atom stereocenters. The second-order valence-corrected chi connectivity index (χ2v) is 10.4. The molecule has 2 aromatic carbocycles. The average Bonchev–Trinajstić information content (AvgIpc) is 2.76. The van der Waals surface area contributed by atoms with E-state index in [9.17, 15) is 13.2 Å². The van der Waals surface area contributed by atoms with Gasteiger partial charge in [0.15, 0.2) is 0 Å². The summed E-state index contributed by atoms with van der Waals surface area (Å²) in [6.45, 7) is 5.61. The van der Waals surface area contributed by atoms with Gasteiger partial charge in [-0.25, -0.2) is 8.42 Å². The quantitative estimate of drug-likeness (QED) is 0.573. The summed E-state index contributed by atoms with van der Waals surface area (Å²) in [4.78, 5) is 15.0. The molecule has 1 fully saturated rings. The number of aryl methyl sites for hydroxylation is 1. The van der Waals surface area contributed by atoms with Crippen molar-refractivity contribution in [1.82, 2.24) is 14.5 Å². The maximum absolute atomic E-state index is 13.3. The average molecular weight is 500 g/mol. The molecule has 1 N–H and O–H groups in total. The van der Waals surface area contributed by atoms with Crippen LogP contribution in [0.2, 0.25) is 10.0 Å². The molecule has 0 unspecified atom stereocenters. The van der Waals surface area contributed by atoms with E-state index < -0.39 is 10.0 Å². The van der Waals surface area contributed by atoms with Crippen LogP contribution in [-0.2, 0) is 26.1 Å². The number of amides is 1. The highest BCUT2D eigenvalue weighted by Crippen LogP contribution is 2.25. The number of benzene rings is 2. The third kappa shape index (κ3) is 6.91. The Kier molecular flexibility index (Phi) is 8.93. The van der Waals surface area contributed by atoms with E-state index in [0.29, 0.717) is 41.9 Å². The summed E-state index contributed by atoms with van der Waals surface area (Å²) in [6.07, 6.45) is 0. The molecule has 0 spiro atoms. The first-order valence-electron chi connectivity index (χ1n) is 10.3. The lowest BCUT2D eigenvalue weighted by molar-refractivity contribution is -0.121. The second kappa shape index (κ2) is 11.4. The van der Waals surface area contributed by atoms with E-state index in [1.807, 2.05) is 6.92 Å². The topological polar surface area (TPSA) is 79.0 Å². The van der Waals surface area contributed by atoms with E-state index in [-0.39, 0.29) is 23.9 Å². The SMILES string of the molecule is Cc1ccc(S(=O)(=O)N(CC(=O)NCCN2CCOCC2)Cc2ccc(Cl)cc2Cl)cc1. The molecular weight excluding hydrogens is 473 g/mol. The summed E-state index contributed by atoms with van der Waals surface area (Å²) in [5.41, 5.74) is 1.50. The predicted molar refractivity (Wildman–Crippen MR) is 126 cm³/mol. The van der Waals surface area contributed by atoms with E-state index in [1.54, 1.807) is 30.3 Å². The van der Waals surface area contributed by atoms with E-state index in [2.05, 4.69) is 10.2 Å². The molecule has 1 aliphatic heterocycles. The normalized spacial score (nSPS) is 15.1. The van der Waals surface area contributed by atoms with Crippen molar-refractivity contribution >= 4 is 39.1 Å². The Morgan fingerprint density at radius 1 is 1.12 bits per heavy atom. The molecule has 32 heavy (non-hydrogen) atoms. The first-order valence-corrected chi connectivity index (χ1v) is 12.5. The van der Waals surface area contributed by atoms with Crippen LogP contribution >= 0.6 is 23.2 Å². The molecule has 0 aromatic heterocycles. The van der Waals surface area contributed by atoms with Crippen LogP contribution in [0.25, 0.3) is 0 Å². The Labute approximate surface area is 199 Å². The number of carbonyl (C=O) groups excluding carboxylic acids is 1. The number of ether oxygens (including phenoxy) is 1. The summed E-state index contributed by atoms with van der Waals surface area (Å²) in [5.74, 6) is -0.376. The van der Waals surface area contributed by atoms with Crippen molar-refractivity contribution in [2.24, 2.45) is 0 Å². The van der Waals surface area contributed by atoms with Gasteiger partial charge in [0.1, 0.15) is 0 Å². The Balaban J connectivity index is 1.73. The van der Waals surface area contributed by atoms with Crippen molar-refractivity contribution in [1.29, 1.82) is 0 Å². The zero-order valence-corrected chi connectivity index (χ0v) is 20.2. The van der Waals surface area contributed by atoms with E-state index in [0.717, 1.165) is 23.0 Å². The number of hydrogen-bond donors (Lipinski definition) is 1. The molecule has 2 aromatic rings. The fourth-order valence-electron chi connectivity index (χ4n) is 3.32. The molecular formula is C22H27Cl2N3O4S. The van der Waals surface area contributed by atoms with Gasteiger partial charge in [0.25, 0.3) is 0 Å². The van der Waals surface area contributed by atoms with Crippen molar-refractivity contribution in [2.75, 3.05) is 45.9 Å². The lowest BCUT2D eigenvalue weighted by Crippen LogP contribution is -2.44. The number of sulfonamides is 1. The second-order valence-electron chi connectivity index (χ2n) is 7.63. The molecule has 7 nitrogen and oxygen atoms in total. The Morgan fingerprint density at radius 2 is 1.81 bits per heavy atom. The number of carbonyl (C=O) groups is 1. The number of morpholine rings is 1. The van der Waals surface area contributed by atoms with Crippen LogP contribution in [0.4, 0.5) is 0 Å². The van der Waals surface area contributed by atoms with Gasteiger partial charge in [-0.15, -0.1) is 0 Å². The van der Waals surface area contributed by atoms with Crippen molar-refractivity contribution < 1.29 is 17.9 Å². The number of hydrogen-bond acceptors (Lipinski definition) is 5. The minimum atomic E-state index is -3.93. The number of halogens is 2. The molecule has 1 saturated heterocycles. The summed E-state index contributed by atoms with van der Waals surface area (Å²) in [7, 11) is -3.93. The minimum absolute atomic E-state index is 0.0525. The molecule has 0 radical (unpaired) electrons. The minimum Gasteiger partial charge on any atom is -0.379 e. The van der Waals surface area contributed by atoms with Gasteiger partial charge in [0, 0.05) is 42.8 Å². The van der Waals surface area contributed by atoms with Gasteiger partial charge in [0.05, 0.1) is 24.7 Å². The highest BCUT2D eigenvalue weighted by molar-refractivity contribution is 7.89. The van der Waals surface area contributed by atoms with Crippen LogP contribution in [0, 0.1) is 6.92 Å². The third-order valence-corrected chi connectivity index (χ3v) is 7.59. The predicted octanol–water partition coefficient (Wildman–Crippen LogP) is 2.94. The zero-order valence-electron chi connectivity index (χ0n) is 17.9. The van der Waals surface area contributed by atoms with E-state index >= 15 is 0 Å². The Bertz CT molecular complexity index is 1030. The van der Waals surface area contributed by atoms with Crippen LogP contribution in [-0.4, -0.2) is 69.5 Å². The first-order chi connectivity index (χ1) is 15.3. The van der Waals surface area contributed by atoms with Crippen LogP contribution in [0.3, 0.4) is 0 Å². The van der Waals surface area contributed by atoms with Crippen molar-refractivity contribution in [3.63, 3.8) is 0 Å². The summed E-state index contributed by atoms with van der Waals surface area (Å²) >= 11 is 12.2. The van der Waals surface area contributed by atoms with Crippen LogP contribution < -0.4 is 5.32 Å². The van der Waals surface area contributed by atoms with Crippen molar-refractivity contribution in [3.05, 3.63) is 63.6 Å². The van der Waals surface area contributed by atoms with E-state index in [4.69, 9.17) is 27.9 Å². The molecule has 0 bridgehead atoms. The monoisotopic (exact) mass is 499 g/mol. The molecule has 1 amide bonds. The Morgan fingerprint density at radius 3 is 2.47 bits per heavy atom. The van der Waals surface area contributed by atoms with E-state index in [1.165, 1.54) is 12.1 Å². The van der Waals surface area contributed by atoms with Gasteiger partial charge in [-0.3, -0.25) is 9.69 Å². The zero-order chi connectivity index (χ0) is 23.1. The number of nitrogens with one attached hydrogen (secondary N) is 1. The maximum Gasteiger partial charge on any atom is 0.243 e. The molecule has 0 saturated carbocycles. The van der Waals surface area contributed by atoms with Gasteiger partial charge in [-0.2, -0.15) is 4.31 Å². The number of nitrogens with zero attached hydrogens (tertiary/aromatic N) is 2. The van der Waals surface area contributed by atoms with Crippen molar-refractivity contribution in [3.8, 4) is 0 Å². The Hall–Kier alpha value is -1.68. The van der Waals surface area contributed by atoms with Gasteiger partial charge < -0.3 is 10.1 Å².